The Bertz CT molecular complexity index is 1950. The Morgan fingerprint density at radius 1 is 0.474 bits per heavy atom. The number of imide groups is 4. The van der Waals surface area contributed by atoms with Gasteiger partial charge >= 0.3 is 12.1 Å². The van der Waals surface area contributed by atoms with Crippen molar-refractivity contribution in [2.75, 3.05) is 0 Å². The Morgan fingerprint density at radius 2 is 0.860 bits per heavy atom. The lowest BCUT2D eigenvalue weighted by atomic mass is 9.87. The normalized spacial score (nSPS) is 20.1. The van der Waals surface area contributed by atoms with Crippen LogP contribution in [0.5, 0.6) is 0 Å². The summed E-state index contributed by atoms with van der Waals surface area (Å²) in [6.45, 7) is 0. The van der Waals surface area contributed by atoms with Crippen molar-refractivity contribution in [3.8, 4) is 0 Å². The molecular weight excluding hydrogens is 717 g/mol. The third-order valence-electron chi connectivity index (χ3n) is 11.7. The maximum Gasteiger partial charge on any atom is 0.333 e. The van der Waals surface area contributed by atoms with Gasteiger partial charge in [0.25, 0.3) is 0 Å². The van der Waals surface area contributed by atoms with Gasteiger partial charge in [-0.15, -0.1) is 0 Å². The van der Waals surface area contributed by atoms with Crippen LogP contribution < -0.4 is 5.32 Å². The molecule has 4 fully saturated rings. The van der Waals surface area contributed by atoms with Gasteiger partial charge in [-0.2, -0.15) is 0 Å². The highest BCUT2D eigenvalue weighted by atomic mass is 16.2. The molecule has 0 aromatic heterocycles. The molecule has 4 aliphatic rings. The number of nitrogens with one attached hydrogen (secondary N) is 1. The zero-order chi connectivity index (χ0) is 39.7. The van der Waals surface area contributed by atoms with Crippen molar-refractivity contribution >= 4 is 35.7 Å². The van der Waals surface area contributed by atoms with Gasteiger partial charge in [0, 0.05) is 12.1 Å². The van der Waals surface area contributed by atoms with Gasteiger partial charge in [-0.05, 0) is 60.8 Å². The van der Waals surface area contributed by atoms with Crippen LogP contribution >= 0.6 is 0 Å². The highest BCUT2D eigenvalue weighted by Gasteiger charge is 2.50. The molecule has 10 nitrogen and oxygen atoms in total. The zero-order valence-corrected chi connectivity index (χ0v) is 32.2. The summed E-state index contributed by atoms with van der Waals surface area (Å²) in [6, 6.07) is 36.0. The Morgan fingerprint density at radius 3 is 1.28 bits per heavy atom. The predicted octanol–water partition coefficient (Wildman–Crippen LogP) is 8.01. The molecular formula is C47H50N4O6. The topological polar surface area (TPSA) is 124 Å². The van der Waals surface area contributed by atoms with Crippen LogP contribution in [-0.2, 0) is 32.0 Å². The number of amides is 8. The van der Waals surface area contributed by atoms with Crippen molar-refractivity contribution < 1.29 is 28.8 Å². The number of rotatable bonds is 9. The lowest BCUT2D eigenvalue weighted by molar-refractivity contribution is -0.153. The van der Waals surface area contributed by atoms with E-state index < -0.39 is 35.7 Å². The van der Waals surface area contributed by atoms with E-state index in [9.17, 15) is 28.8 Å². The number of hydrogen-bond donors (Lipinski definition) is 1. The van der Waals surface area contributed by atoms with Crippen molar-refractivity contribution in [2.45, 2.75) is 95.2 Å². The van der Waals surface area contributed by atoms with E-state index >= 15 is 0 Å². The highest BCUT2D eigenvalue weighted by Crippen LogP contribution is 2.35. The van der Waals surface area contributed by atoms with Gasteiger partial charge in [0.2, 0.25) is 23.6 Å². The molecule has 1 N–H and O–H groups in total. The molecule has 2 heterocycles. The third kappa shape index (κ3) is 8.90. The Balaban J connectivity index is 0.000000174. The molecule has 4 aromatic rings. The summed E-state index contributed by atoms with van der Waals surface area (Å²) in [6.07, 6.45) is 10.6. The van der Waals surface area contributed by atoms with Gasteiger partial charge in [-0.3, -0.25) is 39.2 Å². The van der Waals surface area contributed by atoms with Crippen LogP contribution in [0.25, 0.3) is 0 Å². The van der Waals surface area contributed by atoms with Crippen LogP contribution in [0.1, 0.15) is 92.5 Å². The lowest BCUT2D eigenvalue weighted by Gasteiger charge is -2.45. The SMILES string of the molecule is O=C1C(Cc2ccccc2)C(=O)N(C2CCCCC2)C(=O)N1C1CCCCC1.O=C1NC(=O)N(C(c2ccccc2)c2ccccc2)C(=O)C1Cc1ccccc1. The van der Waals surface area contributed by atoms with Crippen LogP contribution in [-0.4, -0.2) is 62.5 Å². The van der Waals surface area contributed by atoms with E-state index in [1.165, 1.54) is 14.7 Å². The van der Waals surface area contributed by atoms with Crippen LogP contribution in [0.2, 0.25) is 0 Å². The van der Waals surface area contributed by atoms with E-state index in [2.05, 4.69) is 5.32 Å². The minimum Gasteiger partial charge on any atom is -0.277 e. The molecule has 8 rings (SSSR count). The maximum absolute atomic E-state index is 13.4. The van der Waals surface area contributed by atoms with Crippen LogP contribution in [0.4, 0.5) is 9.59 Å². The van der Waals surface area contributed by atoms with Crippen molar-refractivity contribution in [3.63, 3.8) is 0 Å². The summed E-state index contributed by atoms with van der Waals surface area (Å²) in [5.74, 6) is -3.33. The molecule has 2 aliphatic carbocycles. The van der Waals surface area contributed by atoms with Gasteiger partial charge in [-0.25, -0.2) is 9.59 Å². The molecule has 1 unspecified atom stereocenters. The zero-order valence-electron chi connectivity index (χ0n) is 32.2. The molecule has 2 aliphatic heterocycles. The number of urea groups is 2. The number of barbiturate groups is 2. The van der Waals surface area contributed by atoms with Crippen LogP contribution in [0.3, 0.4) is 0 Å². The van der Waals surface area contributed by atoms with Crippen LogP contribution in [0, 0.1) is 11.8 Å². The maximum atomic E-state index is 13.4. The smallest absolute Gasteiger partial charge is 0.277 e. The number of carbonyl (C=O) groups excluding carboxylic acids is 6. The number of nitrogens with zero attached hydrogens (tertiary/aromatic N) is 3. The number of hydrogen-bond acceptors (Lipinski definition) is 6. The van der Waals surface area contributed by atoms with Crippen molar-refractivity contribution in [1.82, 2.24) is 20.0 Å². The van der Waals surface area contributed by atoms with Gasteiger partial charge < -0.3 is 0 Å². The fraction of sp³-hybridized carbons (Fsp3) is 0.362. The molecule has 10 heteroatoms. The molecule has 8 amide bonds. The second-order valence-electron chi connectivity index (χ2n) is 15.5. The Labute approximate surface area is 334 Å². The minimum absolute atomic E-state index is 0.0498. The fourth-order valence-corrected chi connectivity index (χ4v) is 8.79. The average Bonchev–Trinajstić information content (AvgIpc) is 3.25. The van der Waals surface area contributed by atoms with Gasteiger partial charge in [-0.1, -0.05) is 160 Å². The summed E-state index contributed by atoms with van der Waals surface area (Å²) in [4.78, 5) is 82.8. The lowest BCUT2D eigenvalue weighted by Crippen LogP contribution is -2.65. The first-order valence-corrected chi connectivity index (χ1v) is 20.4. The molecule has 57 heavy (non-hydrogen) atoms. The van der Waals surface area contributed by atoms with E-state index in [1.54, 1.807) is 0 Å². The minimum atomic E-state index is -0.954. The summed E-state index contributed by atoms with van der Waals surface area (Å²) >= 11 is 0. The van der Waals surface area contributed by atoms with E-state index in [4.69, 9.17) is 0 Å². The summed E-state index contributed by atoms with van der Waals surface area (Å²) < 4.78 is 0. The molecule has 1 atom stereocenters. The number of benzene rings is 4. The van der Waals surface area contributed by atoms with E-state index in [-0.39, 0.29) is 36.3 Å². The molecule has 0 radical (unpaired) electrons. The van der Waals surface area contributed by atoms with E-state index in [0.29, 0.717) is 6.42 Å². The Hall–Kier alpha value is -5.90. The quantitative estimate of drug-likeness (QED) is 0.172. The van der Waals surface area contributed by atoms with E-state index in [0.717, 1.165) is 86.5 Å². The van der Waals surface area contributed by atoms with E-state index in [1.807, 2.05) is 121 Å². The second-order valence-corrected chi connectivity index (χ2v) is 15.5. The summed E-state index contributed by atoms with van der Waals surface area (Å²) in [7, 11) is 0. The first-order chi connectivity index (χ1) is 27.8. The van der Waals surface area contributed by atoms with Crippen molar-refractivity contribution in [2.24, 2.45) is 11.8 Å². The van der Waals surface area contributed by atoms with Crippen molar-refractivity contribution in [1.29, 1.82) is 0 Å². The average molecular weight is 767 g/mol. The summed E-state index contributed by atoms with van der Waals surface area (Å²) in [5.41, 5.74) is 3.44. The van der Waals surface area contributed by atoms with Gasteiger partial charge in [0.05, 0.1) is 6.04 Å². The van der Waals surface area contributed by atoms with Crippen LogP contribution in [0.15, 0.2) is 121 Å². The second kappa shape index (κ2) is 18.4. The standard InChI is InChI=1S/C24H20N2O3.C23H30N2O3/c27-22-20(16-17-10-4-1-5-11-17)23(28)26(24(29)25-22)21(18-12-6-2-7-13-18)19-14-8-3-9-15-19;26-21-20(16-17-10-4-1-5-11-17)22(27)25(19-14-8-3-9-15-19)23(28)24(21)18-12-6-2-7-13-18/h1-15,20-21H,16H2,(H,25,27,29);1,4-5,10-11,18-20H,2-3,6-9,12-16H2. The molecule has 0 spiro atoms. The highest BCUT2D eigenvalue weighted by molar-refractivity contribution is 6.17. The first-order valence-electron chi connectivity index (χ1n) is 20.4. The predicted molar refractivity (Wildman–Crippen MR) is 215 cm³/mol. The van der Waals surface area contributed by atoms with Crippen molar-refractivity contribution in [3.05, 3.63) is 144 Å². The molecule has 294 valence electrons. The largest absolute Gasteiger partial charge is 0.333 e. The molecule has 2 saturated carbocycles. The summed E-state index contributed by atoms with van der Waals surface area (Å²) in [5, 5.41) is 2.38. The molecule has 2 saturated heterocycles. The van der Waals surface area contributed by atoms with Gasteiger partial charge in [0.1, 0.15) is 11.8 Å². The van der Waals surface area contributed by atoms with Gasteiger partial charge in [0.15, 0.2) is 0 Å². The first kappa shape index (κ1) is 39.3. The monoisotopic (exact) mass is 766 g/mol. The Kier molecular flexibility index (Phi) is 12.7. The molecule has 0 bridgehead atoms. The fourth-order valence-electron chi connectivity index (χ4n) is 8.79. The third-order valence-corrected chi connectivity index (χ3v) is 11.7. The number of carbonyl (C=O) groups is 6. The molecule has 4 aromatic carbocycles.